The summed E-state index contributed by atoms with van der Waals surface area (Å²) in [6.07, 6.45) is 7.06. The van der Waals surface area contributed by atoms with Gasteiger partial charge in [-0.3, -0.25) is 24.1 Å². The molecule has 12 nitrogen and oxygen atoms in total. The number of carbonyl (C=O) groups excluding carboxylic acids is 4. The van der Waals surface area contributed by atoms with Crippen molar-refractivity contribution in [1.82, 2.24) is 4.90 Å². The summed E-state index contributed by atoms with van der Waals surface area (Å²) >= 11 is 0. The van der Waals surface area contributed by atoms with Gasteiger partial charge in [0.1, 0.15) is 11.5 Å². The fraction of sp³-hybridized carbons (Fsp3) is 0.618. The summed E-state index contributed by atoms with van der Waals surface area (Å²) in [5.74, 6) is -2.42. The number of allylic oxidation sites excluding steroid dienone is 2. The first kappa shape index (κ1) is 47.3. The van der Waals surface area contributed by atoms with E-state index < -0.39 is 51.6 Å². The van der Waals surface area contributed by atoms with Gasteiger partial charge in [0.2, 0.25) is 0 Å². The van der Waals surface area contributed by atoms with Gasteiger partial charge < -0.3 is 27.8 Å². The molecule has 5 fully saturated rings. The summed E-state index contributed by atoms with van der Waals surface area (Å²) in [4.78, 5) is 72.7. The van der Waals surface area contributed by atoms with E-state index in [0.717, 1.165) is 49.1 Å². The van der Waals surface area contributed by atoms with Crippen LogP contribution in [0.1, 0.15) is 135 Å². The number of ketones is 1. The van der Waals surface area contributed by atoms with Gasteiger partial charge in [0, 0.05) is 25.6 Å². The van der Waals surface area contributed by atoms with E-state index in [0.29, 0.717) is 58.3 Å². The lowest BCUT2D eigenvalue weighted by molar-refractivity contribution is -0.224. The molecule has 5 aliphatic carbocycles. The zero-order valence-electron chi connectivity index (χ0n) is 40.5. The van der Waals surface area contributed by atoms with Crippen molar-refractivity contribution in [2.24, 2.45) is 50.2 Å². The molecule has 0 spiro atoms. The zero-order chi connectivity index (χ0) is 47.6. The van der Waals surface area contributed by atoms with Gasteiger partial charge in [0.15, 0.2) is 30.0 Å². The third kappa shape index (κ3) is 8.05. The van der Waals surface area contributed by atoms with Crippen molar-refractivity contribution in [3.05, 3.63) is 106 Å². The van der Waals surface area contributed by atoms with E-state index in [4.69, 9.17) is 27.8 Å². The summed E-state index contributed by atoms with van der Waals surface area (Å²) < 4.78 is 34.7. The Labute approximate surface area is 394 Å². The molecule has 12 heteroatoms. The van der Waals surface area contributed by atoms with E-state index in [9.17, 15) is 19.2 Å². The fourth-order valence-electron chi connectivity index (χ4n) is 14.4. The van der Waals surface area contributed by atoms with E-state index in [-0.39, 0.29) is 64.9 Å². The Hall–Kier alpha value is -4.81. The van der Waals surface area contributed by atoms with Gasteiger partial charge in [-0.15, -0.1) is 0 Å². The number of aryl methyl sites for hydroxylation is 1. The van der Waals surface area contributed by atoms with Gasteiger partial charge in [0.05, 0.1) is 25.0 Å². The molecule has 9 rings (SSSR count). The average Bonchev–Trinajstić information content (AvgIpc) is 3.65. The molecule has 67 heavy (non-hydrogen) atoms. The summed E-state index contributed by atoms with van der Waals surface area (Å²) in [5.41, 5.74) is -0.671. The van der Waals surface area contributed by atoms with E-state index in [2.05, 4.69) is 39.5 Å². The Morgan fingerprint density at radius 2 is 1.45 bits per heavy atom. The van der Waals surface area contributed by atoms with Gasteiger partial charge in [-0.25, -0.2) is 4.79 Å². The van der Waals surface area contributed by atoms with Gasteiger partial charge in [0.25, 0.3) is 0 Å². The second kappa shape index (κ2) is 17.6. The maximum Gasteiger partial charge on any atom is 0.519 e. The molecule has 3 aromatic rings. The molecule has 360 valence electrons. The Kier molecular flexibility index (Phi) is 12.4. The fourth-order valence-corrected chi connectivity index (χ4v) is 14.4. The van der Waals surface area contributed by atoms with E-state index >= 15 is 4.79 Å². The van der Waals surface area contributed by atoms with Crippen LogP contribution in [0.25, 0.3) is 0 Å². The molecule has 6 aliphatic rings. The SMILES string of the molecule is Cc1oc(=O)oc1COC(=O)[C@]1(C)[C@@H](OC(=O)CCN2CCOCC2)CC[C@@]2(C)[C@H]1CC[C@]1(C)[C@@H]2C(=O)C=C2[C@@H]3C[C@@](C)(C(=O)OC(c4ccccc4)c4ccccc4)CC[C@]3(C)CC[C@]21C. The van der Waals surface area contributed by atoms with Crippen LogP contribution in [0.2, 0.25) is 0 Å². The molecule has 0 radical (unpaired) electrons. The number of fused-ring (bicyclic) bond motifs is 7. The third-order valence-electron chi connectivity index (χ3n) is 18.7. The lowest BCUT2D eigenvalue weighted by Gasteiger charge is -2.70. The number of hydrogen-bond acceptors (Lipinski definition) is 12. The van der Waals surface area contributed by atoms with Gasteiger partial charge >= 0.3 is 23.7 Å². The second-order valence-electron chi connectivity index (χ2n) is 22.4. The quantitative estimate of drug-likeness (QED) is 0.133. The lowest BCUT2D eigenvalue weighted by atomic mass is 9.33. The maximum atomic E-state index is 15.4. The summed E-state index contributed by atoms with van der Waals surface area (Å²) in [7, 11) is 0. The van der Waals surface area contributed by atoms with Crippen LogP contribution in [0.3, 0.4) is 0 Å². The molecule has 0 N–H and O–H groups in total. The molecular formula is C55H69NO11. The van der Waals surface area contributed by atoms with Crippen LogP contribution in [-0.2, 0) is 44.7 Å². The topological polar surface area (TPSA) is 152 Å². The highest BCUT2D eigenvalue weighted by atomic mass is 16.6. The minimum Gasteiger partial charge on any atom is -0.461 e. The lowest BCUT2D eigenvalue weighted by Crippen LogP contribution is -2.68. The maximum absolute atomic E-state index is 15.4. The normalized spacial score (nSPS) is 36.1. The van der Waals surface area contributed by atoms with Gasteiger partial charge in [-0.2, -0.15) is 0 Å². The molecule has 0 bridgehead atoms. The molecule has 0 unspecified atom stereocenters. The molecule has 2 heterocycles. The van der Waals surface area contributed by atoms with Crippen LogP contribution >= 0.6 is 0 Å². The molecule has 1 aromatic heterocycles. The summed E-state index contributed by atoms with van der Waals surface area (Å²) in [6.45, 7) is 17.6. The monoisotopic (exact) mass is 919 g/mol. The Morgan fingerprint density at radius 3 is 2.09 bits per heavy atom. The van der Waals surface area contributed by atoms with Crippen molar-refractivity contribution in [1.29, 1.82) is 0 Å². The van der Waals surface area contributed by atoms with E-state index in [1.165, 1.54) is 0 Å². The predicted molar refractivity (Wildman–Crippen MR) is 248 cm³/mol. The van der Waals surface area contributed by atoms with E-state index in [1.807, 2.05) is 73.7 Å². The van der Waals surface area contributed by atoms with Crippen molar-refractivity contribution in [2.45, 2.75) is 131 Å². The Balaban J connectivity index is 1.01. The Bertz CT molecular complexity index is 2410. The zero-order valence-corrected chi connectivity index (χ0v) is 40.5. The smallest absolute Gasteiger partial charge is 0.461 e. The standard InChI is InChI=1S/C55H69NO11/c1-35-41(65-49(61)64-35)34-63-48(60)55(7)42-18-22-54(6)46(52(42,4)21-19-43(55)66-44(58)20-27-56-28-30-62-31-29-56)40(57)32-38-39-33-51(3,24-23-50(39,2)25-26-53(38,54)5)47(59)67-45(36-14-10-8-11-15-36)37-16-12-9-13-17-37/h8-17,32,39,42-43,45-46H,18-31,33-34H2,1-7H3/t39-,42+,43-,46+,50+,51-,52-,53+,54+,55-/m0/s1. The number of hydrogen-bond donors (Lipinski definition) is 0. The van der Waals surface area contributed by atoms with Crippen LogP contribution in [0.15, 0.2) is 85.9 Å². The van der Waals surface area contributed by atoms with Crippen LogP contribution in [0, 0.1) is 57.2 Å². The van der Waals surface area contributed by atoms with Crippen molar-refractivity contribution < 1.29 is 47.0 Å². The molecule has 4 saturated carbocycles. The molecular weight excluding hydrogens is 851 g/mol. The van der Waals surface area contributed by atoms with Gasteiger partial charge in [-0.05, 0) is 129 Å². The first-order valence-corrected chi connectivity index (χ1v) is 24.7. The second-order valence-corrected chi connectivity index (χ2v) is 22.4. The molecule has 10 atom stereocenters. The highest BCUT2D eigenvalue weighted by Gasteiger charge is 2.72. The predicted octanol–water partition coefficient (Wildman–Crippen LogP) is 9.51. The Morgan fingerprint density at radius 1 is 0.791 bits per heavy atom. The molecule has 2 aromatic carbocycles. The number of ether oxygens (including phenoxy) is 4. The largest absolute Gasteiger partial charge is 0.519 e. The number of nitrogens with zero attached hydrogens (tertiary/aromatic N) is 1. The third-order valence-corrected chi connectivity index (χ3v) is 18.7. The van der Waals surface area contributed by atoms with Crippen molar-refractivity contribution in [3.63, 3.8) is 0 Å². The summed E-state index contributed by atoms with van der Waals surface area (Å²) in [5, 5.41) is 0. The number of morpholine rings is 1. The van der Waals surface area contributed by atoms with E-state index in [1.54, 1.807) is 6.92 Å². The first-order valence-electron chi connectivity index (χ1n) is 24.7. The van der Waals surface area contributed by atoms with Gasteiger partial charge in [-0.1, -0.05) is 93.9 Å². The van der Waals surface area contributed by atoms with Crippen LogP contribution in [-0.4, -0.2) is 67.5 Å². The van der Waals surface area contributed by atoms with Crippen LogP contribution in [0.5, 0.6) is 0 Å². The number of esters is 3. The minimum atomic E-state index is -1.32. The molecule has 0 amide bonds. The van der Waals surface area contributed by atoms with Crippen molar-refractivity contribution in [3.8, 4) is 0 Å². The number of carbonyl (C=O) groups is 4. The average molecular weight is 920 g/mol. The highest BCUT2D eigenvalue weighted by Crippen LogP contribution is 2.75. The minimum absolute atomic E-state index is 0.00371. The van der Waals surface area contributed by atoms with Crippen LogP contribution in [0.4, 0.5) is 0 Å². The number of benzene rings is 2. The van der Waals surface area contributed by atoms with Crippen LogP contribution < -0.4 is 5.82 Å². The highest BCUT2D eigenvalue weighted by molar-refractivity contribution is 5.96. The number of rotatable bonds is 11. The summed E-state index contributed by atoms with van der Waals surface area (Å²) in [6, 6.07) is 19.8. The van der Waals surface area contributed by atoms with Crippen molar-refractivity contribution in [2.75, 3.05) is 32.8 Å². The first-order chi connectivity index (χ1) is 31.8. The molecule has 1 aliphatic heterocycles. The molecule has 1 saturated heterocycles. The van der Waals surface area contributed by atoms with Crippen molar-refractivity contribution >= 4 is 23.7 Å².